The highest BCUT2D eigenvalue weighted by Crippen LogP contribution is 2.29. The molecule has 0 radical (unpaired) electrons. The predicted molar refractivity (Wildman–Crippen MR) is 111 cm³/mol. The number of pyridine rings is 1. The molecule has 28 heavy (non-hydrogen) atoms. The second-order valence-electron chi connectivity index (χ2n) is 6.73. The third-order valence-corrected chi connectivity index (χ3v) is 4.74. The maximum atomic E-state index is 12.1. The number of likely N-dealkylation sites (N-methyl/N-ethyl adjacent to an activating group) is 1. The molecular weight excluding hydrogens is 348 g/mol. The van der Waals surface area contributed by atoms with Crippen molar-refractivity contribution in [3.63, 3.8) is 0 Å². The van der Waals surface area contributed by atoms with Crippen molar-refractivity contribution >= 4 is 23.8 Å². The lowest BCUT2D eigenvalue weighted by Crippen LogP contribution is -2.25. The minimum atomic E-state index is -0.333. The van der Waals surface area contributed by atoms with Gasteiger partial charge in [0.25, 0.3) is 0 Å². The molecule has 138 valence electrons. The number of ether oxygens (including phenoxy) is 1. The van der Waals surface area contributed by atoms with Gasteiger partial charge in [0, 0.05) is 30.6 Å². The predicted octanol–water partition coefficient (Wildman–Crippen LogP) is 3.94. The molecule has 0 fully saturated rings. The maximum absolute atomic E-state index is 12.1. The first kappa shape index (κ1) is 17.7. The van der Waals surface area contributed by atoms with Crippen LogP contribution in [0.5, 0.6) is 0 Å². The van der Waals surface area contributed by atoms with Gasteiger partial charge in [-0.05, 0) is 47.6 Å². The van der Waals surface area contributed by atoms with Crippen molar-refractivity contribution in [1.82, 2.24) is 0 Å². The van der Waals surface area contributed by atoms with Gasteiger partial charge in [0.1, 0.15) is 12.8 Å². The van der Waals surface area contributed by atoms with E-state index in [0.717, 1.165) is 16.9 Å². The molecule has 0 aliphatic carbocycles. The van der Waals surface area contributed by atoms with Crippen LogP contribution >= 0.6 is 0 Å². The Morgan fingerprint density at radius 2 is 1.79 bits per heavy atom. The molecule has 2 aliphatic rings. The third kappa shape index (κ3) is 3.71. The van der Waals surface area contributed by atoms with Crippen molar-refractivity contribution < 1.29 is 14.1 Å². The smallest absolute Gasteiger partial charge is 0.343 e. The van der Waals surface area contributed by atoms with Gasteiger partial charge in [-0.2, -0.15) is 0 Å². The second-order valence-corrected chi connectivity index (χ2v) is 6.73. The molecule has 0 unspecified atom stereocenters. The summed E-state index contributed by atoms with van der Waals surface area (Å²) in [6, 6.07) is 12.2. The number of nitrogens with zero attached hydrogens (tertiary/aromatic N) is 2. The number of para-hydroxylation sites is 1. The van der Waals surface area contributed by atoms with E-state index in [2.05, 4.69) is 29.2 Å². The second kappa shape index (κ2) is 7.53. The van der Waals surface area contributed by atoms with E-state index in [-0.39, 0.29) is 5.97 Å². The Kier molecular flexibility index (Phi) is 4.77. The number of cyclic esters (lactones) is 1. The van der Waals surface area contributed by atoms with E-state index in [1.807, 2.05) is 73.5 Å². The van der Waals surface area contributed by atoms with Crippen molar-refractivity contribution in [2.75, 3.05) is 11.9 Å². The van der Waals surface area contributed by atoms with Crippen LogP contribution in [0.25, 0.3) is 12.2 Å². The summed E-state index contributed by atoms with van der Waals surface area (Å²) in [5, 5.41) is 0. The summed E-state index contributed by atoms with van der Waals surface area (Å²) in [6.45, 7) is 0. The van der Waals surface area contributed by atoms with Gasteiger partial charge in [-0.25, -0.2) is 9.36 Å². The molecule has 1 aromatic heterocycles. The number of hydrogen-bond donors (Lipinski definition) is 0. The van der Waals surface area contributed by atoms with Crippen LogP contribution in [0.1, 0.15) is 11.1 Å². The number of aryl methyl sites for hydroxylation is 1. The van der Waals surface area contributed by atoms with E-state index < -0.39 is 0 Å². The lowest BCUT2D eigenvalue weighted by molar-refractivity contribution is -0.671. The molecule has 4 nitrogen and oxygen atoms in total. The molecular formula is C24H21N2O2+. The largest absolute Gasteiger partial charge is 0.423 e. The number of rotatable bonds is 3. The third-order valence-electron chi connectivity index (χ3n) is 4.74. The molecule has 0 saturated carbocycles. The number of carbonyl (C=O) groups is 1. The first-order chi connectivity index (χ1) is 13.6. The SMILES string of the molecule is CN1/C(=C\C=C2C=C(/C=C/c3cc[n+](C)cc3)C(=O)O/2)C=Cc2ccccc21. The molecule has 0 spiro atoms. The summed E-state index contributed by atoms with van der Waals surface area (Å²) in [5.41, 5.74) is 4.92. The number of anilines is 1. The van der Waals surface area contributed by atoms with Crippen molar-refractivity contribution in [3.05, 3.63) is 107 Å². The quantitative estimate of drug-likeness (QED) is 0.607. The summed E-state index contributed by atoms with van der Waals surface area (Å²) in [5.74, 6) is 0.206. The molecule has 0 amide bonds. The zero-order chi connectivity index (χ0) is 19.5. The van der Waals surface area contributed by atoms with Crippen molar-refractivity contribution in [2.45, 2.75) is 0 Å². The van der Waals surface area contributed by atoms with Crippen LogP contribution in [0.3, 0.4) is 0 Å². The molecule has 4 heteroatoms. The Morgan fingerprint density at radius 1 is 1.00 bits per heavy atom. The highest BCUT2D eigenvalue weighted by molar-refractivity contribution is 5.96. The standard InChI is InChI=1S/C24H21N2O2/c1-25-15-13-18(14-16-25)7-8-20-17-22(28-24(20)27)12-11-21-10-9-19-5-3-4-6-23(19)26(21)2/h3-17H,1-2H3/q+1. The Morgan fingerprint density at radius 3 is 2.61 bits per heavy atom. The fraction of sp³-hybridized carbons (Fsp3) is 0.0833. The Labute approximate surface area is 164 Å². The Hall–Kier alpha value is -3.66. The van der Waals surface area contributed by atoms with E-state index in [4.69, 9.17) is 4.74 Å². The van der Waals surface area contributed by atoms with Crippen LogP contribution in [-0.2, 0) is 16.6 Å². The van der Waals surface area contributed by atoms with Gasteiger partial charge in [0.05, 0.1) is 5.57 Å². The molecule has 3 heterocycles. The zero-order valence-corrected chi connectivity index (χ0v) is 15.9. The maximum Gasteiger partial charge on any atom is 0.343 e. The summed E-state index contributed by atoms with van der Waals surface area (Å²) in [6.07, 6.45) is 17.3. The highest BCUT2D eigenvalue weighted by atomic mass is 16.5. The molecule has 4 rings (SSSR count). The van der Waals surface area contributed by atoms with Gasteiger partial charge < -0.3 is 9.64 Å². The summed E-state index contributed by atoms with van der Waals surface area (Å²) in [4.78, 5) is 14.2. The molecule has 2 aromatic rings. The van der Waals surface area contributed by atoms with Gasteiger partial charge >= 0.3 is 5.97 Å². The number of aromatic nitrogens is 1. The first-order valence-corrected chi connectivity index (χ1v) is 9.10. The van der Waals surface area contributed by atoms with Crippen LogP contribution in [0.4, 0.5) is 5.69 Å². The van der Waals surface area contributed by atoms with Crippen LogP contribution in [-0.4, -0.2) is 13.0 Å². The monoisotopic (exact) mass is 369 g/mol. The molecule has 2 aliphatic heterocycles. The number of fused-ring (bicyclic) bond motifs is 1. The fourth-order valence-corrected chi connectivity index (χ4v) is 3.11. The normalized spacial score (nSPS) is 18.7. The minimum absolute atomic E-state index is 0.333. The fourth-order valence-electron chi connectivity index (χ4n) is 3.11. The highest BCUT2D eigenvalue weighted by Gasteiger charge is 2.19. The van der Waals surface area contributed by atoms with E-state index in [1.54, 1.807) is 12.2 Å². The van der Waals surface area contributed by atoms with Gasteiger partial charge in [-0.3, -0.25) is 0 Å². The average Bonchev–Trinajstić information content (AvgIpc) is 3.07. The lowest BCUT2D eigenvalue weighted by atomic mass is 10.1. The van der Waals surface area contributed by atoms with Crippen LogP contribution in [0, 0.1) is 0 Å². The Balaban J connectivity index is 1.52. The van der Waals surface area contributed by atoms with E-state index >= 15 is 0 Å². The van der Waals surface area contributed by atoms with Crippen molar-refractivity contribution in [3.8, 4) is 0 Å². The molecule has 0 saturated heterocycles. The molecule has 0 N–H and O–H groups in total. The zero-order valence-electron chi connectivity index (χ0n) is 15.9. The van der Waals surface area contributed by atoms with E-state index in [0.29, 0.717) is 11.3 Å². The van der Waals surface area contributed by atoms with Crippen LogP contribution in [0.2, 0.25) is 0 Å². The van der Waals surface area contributed by atoms with Gasteiger partial charge in [-0.15, -0.1) is 0 Å². The number of hydrogen-bond acceptors (Lipinski definition) is 3. The Bertz CT molecular complexity index is 1070. The number of esters is 1. The first-order valence-electron chi connectivity index (χ1n) is 9.10. The molecule has 0 atom stereocenters. The van der Waals surface area contributed by atoms with Crippen LogP contribution < -0.4 is 9.47 Å². The van der Waals surface area contributed by atoms with Gasteiger partial charge in [0.15, 0.2) is 12.4 Å². The summed E-state index contributed by atoms with van der Waals surface area (Å²) in [7, 11) is 3.99. The molecule has 0 bridgehead atoms. The van der Waals surface area contributed by atoms with Gasteiger partial charge in [-0.1, -0.05) is 30.4 Å². The van der Waals surface area contributed by atoms with Gasteiger partial charge in [0.2, 0.25) is 0 Å². The number of allylic oxidation sites excluding steroid dienone is 4. The molecule has 1 aromatic carbocycles. The van der Waals surface area contributed by atoms with E-state index in [1.165, 1.54) is 5.56 Å². The minimum Gasteiger partial charge on any atom is -0.423 e. The lowest BCUT2D eigenvalue weighted by Gasteiger charge is -2.26. The van der Waals surface area contributed by atoms with E-state index in [9.17, 15) is 4.79 Å². The average molecular weight is 369 g/mol. The number of benzene rings is 1. The van der Waals surface area contributed by atoms with Crippen molar-refractivity contribution in [1.29, 1.82) is 0 Å². The summed E-state index contributed by atoms with van der Waals surface area (Å²) < 4.78 is 7.33. The topological polar surface area (TPSA) is 33.4 Å². The van der Waals surface area contributed by atoms with Crippen LogP contribution in [0.15, 0.2) is 96.2 Å². The number of carbonyl (C=O) groups excluding carboxylic acids is 1. The summed E-state index contributed by atoms with van der Waals surface area (Å²) >= 11 is 0. The van der Waals surface area contributed by atoms with Crippen molar-refractivity contribution in [2.24, 2.45) is 7.05 Å².